The summed E-state index contributed by atoms with van der Waals surface area (Å²) in [6.07, 6.45) is 12.4. The maximum Gasteiger partial charge on any atom is 0.220 e. The largest absolute Gasteiger partial charge is 0.353 e. The summed E-state index contributed by atoms with van der Waals surface area (Å²) in [4.78, 5) is 12.1. The Morgan fingerprint density at radius 3 is 2.74 bits per heavy atom. The van der Waals surface area contributed by atoms with Crippen molar-refractivity contribution in [3.8, 4) is 0 Å². The van der Waals surface area contributed by atoms with E-state index in [1.165, 1.54) is 25.7 Å². The lowest BCUT2D eigenvalue weighted by atomic mass is 9.82. The first kappa shape index (κ1) is 15.2. The fourth-order valence-electron chi connectivity index (χ4n) is 3.50. The summed E-state index contributed by atoms with van der Waals surface area (Å²) in [5.74, 6) is 0.641. The van der Waals surface area contributed by atoms with Gasteiger partial charge in [0.15, 0.2) is 0 Å². The molecule has 4 unspecified atom stereocenters. The van der Waals surface area contributed by atoms with Crippen molar-refractivity contribution in [1.29, 1.82) is 0 Å². The molecule has 2 rings (SSSR count). The minimum Gasteiger partial charge on any atom is -0.353 e. The van der Waals surface area contributed by atoms with Gasteiger partial charge in [0.1, 0.15) is 0 Å². The first-order valence-electron chi connectivity index (χ1n) is 7.76. The quantitative estimate of drug-likeness (QED) is 0.834. The van der Waals surface area contributed by atoms with Crippen LogP contribution in [0.3, 0.4) is 0 Å². The second-order valence-electron chi connectivity index (χ2n) is 6.20. The molecule has 0 heterocycles. The number of carbonyl (C=O) groups excluding carboxylic acids is 1. The van der Waals surface area contributed by atoms with Crippen molar-refractivity contribution in [3.63, 3.8) is 0 Å². The fraction of sp³-hybridized carbons (Fsp3) is 0.933. The number of rotatable bonds is 4. The summed E-state index contributed by atoms with van der Waals surface area (Å²) in [7, 11) is 0. The third-order valence-corrected chi connectivity index (χ3v) is 5.83. The summed E-state index contributed by atoms with van der Waals surface area (Å²) in [5.41, 5.74) is 6.12. The van der Waals surface area contributed by atoms with E-state index in [0.717, 1.165) is 30.9 Å². The smallest absolute Gasteiger partial charge is 0.220 e. The molecule has 19 heavy (non-hydrogen) atoms. The van der Waals surface area contributed by atoms with Crippen molar-refractivity contribution < 1.29 is 4.79 Å². The van der Waals surface area contributed by atoms with Crippen LogP contribution >= 0.6 is 11.8 Å². The molecule has 0 aliphatic heterocycles. The number of carbonyl (C=O) groups is 1. The third kappa shape index (κ3) is 4.67. The van der Waals surface area contributed by atoms with Crippen molar-refractivity contribution in [3.05, 3.63) is 0 Å². The number of nitrogens with one attached hydrogen (secondary N) is 1. The van der Waals surface area contributed by atoms with Crippen LogP contribution in [0.5, 0.6) is 0 Å². The SMILES string of the molecule is CSC1CCCC(NC(=O)CC2CCCCC2N)C1. The van der Waals surface area contributed by atoms with Gasteiger partial charge in [-0.3, -0.25) is 4.79 Å². The highest BCUT2D eigenvalue weighted by Gasteiger charge is 2.26. The molecule has 2 aliphatic rings. The van der Waals surface area contributed by atoms with E-state index in [2.05, 4.69) is 11.6 Å². The highest BCUT2D eigenvalue weighted by molar-refractivity contribution is 7.99. The maximum atomic E-state index is 12.1. The number of amides is 1. The number of thioether (sulfide) groups is 1. The van der Waals surface area contributed by atoms with Gasteiger partial charge in [-0.05, 0) is 44.3 Å². The maximum absolute atomic E-state index is 12.1. The Hall–Kier alpha value is -0.220. The van der Waals surface area contributed by atoms with E-state index in [0.29, 0.717) is 18.4 Å². The van der Waals surface area contributed by atoms with Crippen molar-refractivity contribution >= 4 is 17.7 Å². The van der Waals surface area contributed by atoms with Gasteiger partial charge in [0.25, 0.3) is 0 Å². The van der Waals surface area contributed by atoms with Gasteiger partial charge >= 0.3 is 0 Å². The average molecular weight is 284 g/mol. The molecule has 1 amide bonds. The Morgan fingerprint density at radius 1 is 1.21 bits per heavy atom. The van der Waals surface area contributed by atoms with Crippen LogP contribution in [-0.4, -0.2) is 29.5 Å². The van der Waals surface area contributed by atoms with Gasteiger partial charge in [0, 0.05) is 23.8 Å². The molecule has 4 heteroatoms. The summed E-state index contributed by atoms with van der Waals surface area (Å²) in [5, 5.41) is 3.98. The first-order chi connectivity index (χ1) is 9.19. The van der Waals surface area contributed by atoms with E-state index in [4.69, 9.17) is 5.73 Å². The lowest BCUT2D eigenvalue weighted by molar-refractivity contribution is -0.123. The number of hydrogen-bond acceptors (Lipinski definition) is 3. The molecule has 0 spiro atoms. The van der Waals surface area contributed by atoms with Gasteiger partial charge in [0.2, 0.25) is 5.91 Å². The Balaban J connectivity index is 1.74. The summed E-state index contributed by atoms with van der Waals surface area (Å²) >= 11 is 1.94. The van der Waals surface area contributed by atoms with Crippen LogP contribution in [0.15, 0.2) is 0 Å². The van der Waals surface area contributed by atoms with Crippen LogP contribution in [0.4, 0.5) is 0 Å². The third-order valence-electron chi connectivity index (χ3n) is 4.74. The van der Waals surface area contributed by atoms with Crippen molar-refractivity contribution in [1.82, 2.24) is 5.32 Å². The van der Waals surface area contributed by atoms with Crippen molar-refractivity contribution in [2.24, 2.45) is 11.7 Å². The van der Waals surface area contributed by atoms with E-state index in [1.807, 2.05) is 11.8 Å². The van der Waals surface area contributed by atoms with E-state index in [1.54, 1.807) is 0 Å². The van der Waals surface area contributed by atoms with Gasteiger partial charge in [-0.2, -0.15) is 11.8 Å². The van der Waals surface area contributed by atoms with E-state index in [9.17, 15) is 4.79 Å². The Kier molecular flexibility index (Phi) is 6.02. The van der Waals surface area contributed by atoms with Gasteiger partial charge in [0.05, 0.1) is 0 Å². The van der Waals surface area contributed by atoms with Crippen LogP contribution in [-0.2, 0) is 4.79 Å². The van der Waals surface area contributed by atoms with E-state index in [-0.39, 0.29) is 11.9 Å². The van der Waals surface area contributed by atoms with E-state index >= 15 is 0 Å². The molecule has 0 radical (unpaired) electrons. The van der Waals surface area contributed by atoms with Crippen LogP contribution in [0, 0.1) is 5.92 Å². The minimum atomic E-state index is 0.231. The molecular formula is C15H28N2OS. The number of hydrogen-bond donors (Lipinski definition) is 2. The molecule has 2 aliphatic carbocycles. The monoisotopic (exact) mass is 284 g/mol. The molecule has 2 fully saturated rings. The highest BCUT2D eigenvalue weighted by Crippen LogP contribution is 2.28. The zero-order valence-electron chi connectivity index (χ0n) is 12.1. The zero-order valence-corrected chi connectivity index (χ0v) is 12.9. The Bertz CT molecular complexity index is 298. The predicted molar refractivity (Wildman–Crippen MR) is 82.3 cm³/mol. The van der Waals surface area contributed by atoms with Crippen LogP contribution in [0.25, 0.3) is 0 Å². The van der Waals surface area contributed by atoms with Crippen LogP contribution < -0.4 is 11.1 Å². The highest BCUT2D eigenvalue weighted by atomic mass is 32.2. The van der Waals surface area contributed by atoms with Crippen LogP contribution in [0.1, 0.15) is 57.8 Å². The van der Waals surface area contributed by atoms with Crippen LogP contribution in [0.2, 0.25) is 0 Å². The van der Waals surface area contributed by atoms with Crippen molar-refractivity contribution in [2.75, 3.05) is 6.26 Å². The molecular weight excluding hydrogens is 256 g/mol. The molecule has 0 saturated heterocycles. The molecule has 3 N–H and O–H groups in total. The summed E-state index contributed by atoms with van der Waals surface area (Å²) in [6, 6.07) is 0.642. The standard InChI is InChI=1S/C15H28N2OS/c1-19-13-7-4-6-12(10-13)17-15(18)9-11-5-2-3-8-14(11)16/h11-14H,2-10,16H2,1H3,(H,17,18). The number of nitrogens with two attached hydrogens (primary N) is 1. The van der Waals surface area contributed by atoms with Gasteiger partial charge in [-0.1, -0.05) is 19.3 Å². The average Bonchev–Trinajstić information content (AvgIpc) is 2.41. The topological polar surface area (TPSA) is 55.1 Å². The van der Waals surface area contributed by atoms with E-state index < -0.39 is 0 Å². The normalized spacial score (nSPS) is 35.9. The zero-order chi connectivity index (χ0) is 13.7. The van der Waals surface area contributed by atoms with Gasteiger partial charge in [-0.25, -0.2) is 0 Å². The molecule has 0 aromatic heterocycles. The second-order valence-corrected chi connectivity index (χ2v) is 7.34. The molecule has 0 bridgehead atoms. The Labute approximate surface area is 121 Å². The predicted octanol–water partition coefficient (Wildman–Crippen LogP) is 2.68. The molecule has 3 nitrogen and oxygen atoms in total. The lowest BCUT2D eigenvalue weighted by Gasteiger charge is -2.31. The molecule has 0 aromatic rings. The summed E-state index contributed by atoms with van der Waals surface area (Å²) < 4.78 is 0. The molecule has 2 saturated carbocycles. The van der Waals surface area contributed by atoms with Gasteiger partial charge < -0.3 is 11.1 Å². The lowest BCUT2D eigenvalue weighted by Crippen LogP contribution is -2.42. The fourth-order valence-corrected chi connectivity index (χ4v) is 4.33. The van der Waals surface area contributed by atoms with Gasteiger partial charge in [-0.15, -0.1) is 0 Å². The summed E-state index contributed by atoms with van der Waals surface area (Å²) in [6.45, 7) is 0. The Morgan fingerprint density at radius 2 is 2.00 bits per heavy atom. The second kappa shape index (κ2) is 7.53. The molecule has 4 atom stereocenters. The van der Waals surface area contributed by atoms with Crippen molar-refractivity contribution in [2.45, 2.75) is 75.1 Å². The first-order valence-corrected chi connectivity index (χ1v) is 9.05. The minimum absolute atomic E-state index is 0.231. The molecule has 0 aromatic carbocycles. The molecule has 110 valence electrons.